The van der Waals surface area contributed by atoms with E-state index in [0.717, 1.165) is 6.54 Å². The molecule has 2 rings (SSSR count). The average molecular weight is 255 g/mol. The van der Waals surface area contributed by atoms with Crippen LogP contribution in [0.5, 0.6) is 0 Å². The molecule has 0 fully saturated rings. The Hall–Kier alpha value is -1.64. The maximum absolute atomic E-state index is 9.27. The predicted molar refractivity (Wildman–Crippen MR) is 78.8 cm³/mol. The van der Waals surface area contributed by atoms with E-state index in [9.17, 15) is 5.11 Å². The summed E-state index contributed by atoms with van der Waals surface area (Å²) < 4.78 is 0. The van der Waals surface area contributed by atoms with Crippen molar-refractivity contribution in [3.63, 3.8) is 0 Å². The molecule has 1 unspecified atom stereocenters. The van der Waals surface area contributed by atoms with Gasteiger partial charge in [0, 0.05) is 19.1 Å². The highest BCUT2D eigenvalue weighted by atomic mass is 16.3. The Morgan fingerprint density at radius 3 is 2.11 bits per heavy atom. The van der Waals surface area contributed by atoms with Crippen molar-refractivity contribution in [2.24, 2.45) is 0 Å². The van der Waals surface area contributed by atoms with Crippen molar-refractivity contribution in [2.75, 3.05) is 13.2 Å². The molecular formula is C17H21NO. The van der Waals surface area contributed by atoms with E-state index in [4.69, 9.17) is 0 Å². The van der Waals surface area contributed by atoms with Crippen LogP contribution in [0.1, 0.15) is 24.1 Å². The predicted octanol–water partition coefficient (Wildman–Crippen LogP) is 3.24. The average Bonchev–Trinajstić information content (AvgIpc) is 2.48. The summed E-state index contributed by atoms with van der Waals surface area (Å²) >= 11 is 0. The third-order valence-corrected chi connectivity index (χ3v) is 3.45. The SMILES string of the molecule is CC(c1ccccc1)N(CCO)Cc1ccccc1. The minimum absolute atomic E-state index is 0.185. The lowest BCUT2D eigenvalue weighted by molar-refractivity contribution is 0.151. The Bertz CT molecular complexity index is 469. The third kappa shape index (κ3) is 3.91. The molecule has 2 aromatic carbocycles. The van der Waals surface area contributed by atoms with Crippen molar-refractivity contribution in [2.45, 2.75) is 19.5 Å². The summed E-state index contributed by atoms with van der Waals surface area (Å²) in [7, 11) is 0. The van der Waals surface area contributed by atoms with Crippen molar-refractivity contribution < 1.29 is 5.11 Å². The minimum Gasteiger partial charge on any atom is -0.395 e. The van der Waals surface area contributed by atoms with Gasteiger partial charge in [-0.15, -0.1) is 0 Å². The zero-order valence-corrected chi connectivity index (χ0v) is 11.4. The Morgan fingerprint density at radius 1 is 0.947 bits per heavy atom. The lowest BCUT2D eigenvalue weighted by atomic mass is 10.1. The van der Waals surface area contributed by atoms with Gasteiger partial charge in [-0.2, -0.15) is 0 Å². The van der Waals surface area contributed by atoms with Crippen LogP contribution in [-0.2, 0) is 6.54 Å². The number of benzene rings is 2. The molecule has 0 radical (unpaired) electrons. The van der Waals surface area contributed by atoms with E-state index in [2.05, 4.69) is 60.4 Å². The molecule has 1 N–H and O–H groups in total. The van der Waals surface area contributed by atoms with Gasteiger partial charge in [0.05, 0.1) is 6.61 Å². The Morgan fingerprint density at radius 2 is 1.53 bits per heavy atom. The molecule has 0 aliphatic heterocycles. The van der Waals surface area contributed by atoms with Crippen molar-refractivity contribution >= 4 is 0 Å². The van der Waals surface area contributed by atoms with E-state index in [1.807, 2.05) is 12.1 Å². The van der Waals surface area contributed by atoms with E-state index in [-0.39, 0.29) is 6.61 Å². The van der Waals surface area contributed by atoms with Gasteiger partial charge in [-0.1, -0.05) is 60.7 Å². The van der Waals surface area contributed by atoms with Crippen LogP contribution in [-0.4, -0.2) is 23.2 Å². The number of nitrogens with zero attached hydrogens (tertiary/aromatic N) is 1. The molecule has 0 saturated carbocycles. The van der Waals surface area contributed by atoms with E-state index < -0.39 is 0 Å². The smallest absolute Gasteiger partial charge is 0.0558 e. The third-order valence-electron chi connectivity index (χ3n) is 3.45. The van der Waals surface area contributed by atoms with Gasteiger partial charge in [0.2, 0.25) is 0 Å². The molecule has 2 aromatic rings. The van der Waals surface area contributed by atoms with Gasteiger partial charge in [-0.3, -0.25) is 4.90 Å². The molecule has 2 heteroatoms. The van der Waals surface area contributed by atoms with E-state index in [0.29, 0.717) is 12.6 Å². The fourth-order valence-electron chi connectivity index (χ4n) is 2.30. The molecule has 0 heterocycles. The van der Waals surface area contributed by atoms with Crippen LogP contribution >= 0.6 is 0 Å². The fraction of sp³-hybridized carbons (Fsp3) is 0.294. The molecule has 0 aliphatic carbocycles. The Balaban J connectivity index is 2.11. The van der Waals surface area contributed by atoms with Gasteiger partial charge in [-0.05, 0) is 18.1 Å². The van der Waals surface area contributed by atoms with Crippen LogP contribution in [0.4, 0.5) is 0 Å². The van der Waals surface area contributed by atoms with Crippen molar-refractivity contribution in [3.05, 3.63) is 71.8 Å². The summed E-state index contributed by atoms with van der Waals surface area (Å²) in [5.74, 6) is 0. The molecule has 100 valence electrons. The van der Waals surface area contributed by atoms with E-state index in [1.165, 1.54) is 11.1 Å². The highest BCUT2D eigenvalue weighted by Crippen LogP contribution is 2.21. The lowest BCUT2D eigenvalue weighted by Gasteiger charge is -2.29. The van der Waals surface area contributed by atoms with Crippen molar-refractivity contribution in [1.29, 1.82) is 0 Å². The summed E-state index contributed by atoms with van der Waals surface area (Å²) in [6.45, 7) is 3.92. The zero-order valence-electron chi connectivity index (χ0n) is 11.4. The number of aliphatic hydroxyl groups is 1. The maximum atomic E-state index is 9.27. The van der Waals surface area contributed by atoms with Crippen LogP contribution in [0.3, 0.4) is 0 Å². The summed E-state index contributed by atoms with van der Waals surface area (Å²) in [6, 6.07) is 21.1. The van der Waals surface area contributed by atoms with Gasteiger partial charge >= 0.3 is 0 Å². The second-order valence-electron chi connectivity index (χ2n) is 4.77. The first-order valence-electron chi connectivity index (χ1n) is 6.75. The normalized spacial score (nSPS) is 12.6. The van der Waals surface area contributed by atoms with E-state index >= 15 is 0 Å². The van der Waals surface area contributed by atoms with Crippen LogP contribution in [0.2, 0.25) is 0 Å². The Kier molecular flexibility index (Phi) is 5.13. The minimum atomic E-state index is 0.185. The van der Waals surface area contributed by atoms with Crippen LogP contribution in [0, 0.1) is 0 Å². The topological polar surface area (TPSA) is 23.5 Å². The molecule has 0 amide bonds. The Labute approximate surface area is 115 Å². The fourth-order valence-corrected chi connectivity index (χ4v) is 2.30. The first kappa shape index (κ1) is 13.8. The summed E-state index contributed by atoms with van der Waals surface area (Å²) in [6.07, 6.45) is 0. The van der Waals surface area contributed by atoms with Gasteiger partial charge < -0.3 is 5.11 Å². The summed E-state index contributed by atoms with van der Waals surface area (Å²) in [4.78, 5) is 2.30. The summed E-state index contributed by atoms with van der Waals surface area (Å²) in [5.41, 5.74) is 2.56. The zero-order chi connectivity index (χ0) is 13.5. The molecule has 0 bridgehead atoms. The number of rotatable bonds is 6. The maximum Gasteiger partial charge on any atom is 0.0558 e. The lowest BCUT2D eigenvalue weighted by Crippen LogP contribution is -2.29. The van der Waals surface area contributed by atoms with Gasteiger partial charge in [0.15, 0.2) is 0 Å². The molecule has 0 spiro atoms. The molecule has 0 aromatic heterocycles. The second-order valence-corrected chi connectivity index (χ2v) is 4.77. The molecular weight excluding hydrogens is 234 g/mol. The molecule has 1 atom stereocenters. The quantitative estimate of drug-likeness (QED) is 0.856. The van der Waals surface area contributed by atoms with Gasteiger partial charge in [-0.25, -0.2) is 0 Å². The van der Waals surface area contributed by atoms with Crippen LogP contribution < -0.4 is 0 Å². The summed E-state index contributed by atoms with van der Waals surface area (Å²) in [5, 5.41) is 9.27. The monoisotopic (exact) mass is 255 g/mol. The number of hydrogen-bond acceptors (Lipinski definition) is 2. The second kappa shape index (κ2) is 7.07. The number of aliphatic hydroxyl groups excluding tert-OH is 1. The van der Waals surface area contributed by atoms with Crippen LogP contribution in [0.25, 0.3) is 0 Å². The first-order chi connectivity index (χ1) is 9.31. The molecule has 0 aliphatic rings. The van der Waals surface area contributed by atoms with Gasteiger partial charge in [0.1, 0.15) is 0 Å². The van der Waals surface area contributed by atoms with Crippen LogP contribution in [0.15, 0.2) is 60.7 Å². The molecule has 0 saturated heterocycles. The largest absolute Gasteiger partial charge is 0.395 e. The van der Waals surface area contributed by atoms with E-state index in [1.54, 1.807) is 0 Å². The molecule has 2 nitrogen and oxygen atoms in total. The molecule has 19 heavy (non-hydrogen) atoms. The van der Waals surface area contributed by atoms with Crippen molar-refractivity contribution in [3.8, 4) is 0 Å². The highest BCUT2D eigenvalue weighted by Gasteiger charge is 2.15. The standard InChI is InChI=1S/C17H21NO/c1-15(17-10-6-3-7-11-17)18(12-13-19)14-16-8-4-2-5-9-16/h2-11,15,19H,12-14H2,1H3. The van der Waals surface area contributed by atoms with Gasteiger partial charge in [0.25, 0.3) is 0 Å². The van der Waals surface area contributed by atoms with Crippen molar-refractivity contribution in [1.82, 2.24) is 4.90 Å². The highest BCUT2D eigenvalue weighted by molar-refractivity contribution is 5.20. The number of hydrogen-bond donors (Lipinski definition) is 1. The first-order valence-corrected chi connectivity index (χ1v) is 6.75.